The van der Waals surface area contributed by atoms with Crippen LogP contribution >= 0.6 is 22.9 Å². The number of halogens is 1. The highest BCUT2D eigenvalue weighted by Gasteiger charge is 2.15. The Morgan fingerprint density at radius 1 is 0.840 bits per heavy atom. The van der Waals surface area contributed by atoms with Gasteiger partial charge in [-0.2, -0.15) is 0 Å². The van der Waals surface area contributed by atoms with Crippen molar-refractivity contribution in [2.45, 2.75) is 0 Å². The van der Waals surface area contributed by atoms with Gasteiger partial charge in [-0.05, 0) is 29.6 Å². The van der Waals surface area contributed by atoms with Gasteiger partial charge in [-0.25, -0.2) is 0 Å². The first kappa shape index (κ1) is 15.9. The Kier molecular flexibility index (Phi) is 4.26. The van der Waals surface area contributed by atoms with Crippen LogP contribution < -0.4 is 5.32 Å². The van der Waals surface area contributed by atoms with Gasteiger partial charge in [0.25, 0.3) is 5.91 Å². The number of benzene rings is 3. The van der Waals surface area contributed by atoms with Crippen molar-refractivity contribution in [3.8, 4) is 11.1 Å². The SMILES string of the molecule is O=C(Nc1c(Cl)cccc1-c1csc2ccccc12)c1ccccc1. The molecular weight excluding hydrogens is 350 g/mol. The number of carbonyl (C=O) groups is 1. The second-order valence-electron chi connectivity index (χ2n) is 5.63. The summed E-state index contributed by atoms with van der Waals surface area (Å²) >= 11 is 8.10. The van der Waals surface area contributed by atoms with Crippen LogP contribution in [0.2, 0.25) is 5.02 Å². The maximum absolute atomic E-state index is 12.6. The highest BCUT2D eigenvalue weighted by atomic mass is 35.5. The van der Waals surface area contributed by atoms with E-state index in [1.54, 1.807) is 29.5 Å². The molecule has 2 nitrogen and oxygen atoms in total. The molecule has 0 fully saturated rings. The van der Waals surface area contributed by atoms with Crippen molar-refractivity contribution in [2.75, 3.05) is 5.32 Å². The van der Waals surface area contributed by atoms with E-state index in [1.165, 1.54) is 4.70 Å². The Morgan fingerprint density at radius 3 is 2.44 bits per heavy atom. The average molecular weight is 364 g/mol. The Balaban J connectivity index is 1.80. The predicted octanol–water partition coefficient (Wildman–Crippen LogP) is 6.47. The largest absolute Gasteiger partial charge is 0.320 e. The van der Waals surface area contributed by atoms with Crippen molar-refractivity contribution in [3.63, 3.8) is 0 Å². The molecule has 0 bridgehead atoms. The minimum atomic E-state index is -0.172. The van der Waals surface area contributed by atoms with E-state index in [2.05, 4.69) is 22.8 Å². The van der Waals surface area contributed by atoms with E-state index in [4.69, 9.17) is 11.6 Å². The maximum atomic E-state index is 12.6. The van der Waals surface area contributed by atoms with Crippen molar-refractivity contribution in [3.05, 3.63) is 88.8 Å². The Bertz CT molecular complexity index is 1060. The number of fused-ring (bicyclic) bond motifs is 1. The van der Waals surface area contributed by atoms with E-state index in [0.717, 1.165) is 16.5 Å². The number of para-hydroxylation sites is 1. The van der Waals surface area contributed by atoms with Gasteiger partial charge in [0.2, 0.25) is 0 Å². The second-order valence-corrected chi connectivity index (χ2v) is 6.95. The van der Waals surface area contributed by atoms with Gasteiger partial charge in [-0.15, -0.1) is 11.3 Å². The number of nitrogens with one attached hydrogen (secondary N) is 1. The van der Waals surface area contributed by atoms with Crippen LogP contribution in [0.1, 0.15) is 10.4 Å². The summed E-state index contributed by atoms with van der Waals surface area (Å²) in [6.45, 7) is 0. The molecule has 0 aliphatic rings. The van der Waals surface area contributed by atoms with Gasteiger partial charge in [0, 0.05) is 26.8 Å². The summed E-state index contributed by atoms with van der Waals surface area (Å²) in [5.74, 6) is -0.172. The lowest BCUT2D eigenvalue weighted by Gasteiger charge is -2.13. The first-order chi connectivity index (χ1) is 12.2. The Morgan fingerprint density at radius 2 is 1.60 bits per heavy atom. The quantitative estimate of drug-likeness (QED) is 0.443. The highest BCUT2D eigenvalue weighted by Crippen LogP contribution is 2.40. The second kappa shape index (κ2) is 6.71. The zero-order valence-corrected chi connectivity index (χ0v) is 14.8. The molecule has 0 spiro atoms. The maximum Gasteiger partial charge on any atom is 0.255 e. The predicted molar refractivity (Wildman–Crippen MR) is 107 cm³/mol. The molecule has 0 atom stereocenters. The van der Waals surface area contributed by atoms with Gasteiger partial charge < -0.3 is 5.32 Å². The van der Waals surface area contributed by atoms with Gasteiger partial charge in [-0.1, -0.05) is 60.1 Å². The minimum absolute atomic E-state index is 0.172. The number of amides is 1. The Hall–Kier alpha value is -2.62. The first-order valence-electron chi connectivity index (χ1n) is 7.85. The lowest BCUT2D eigenvalue weighted by Crippen LogP contribution is -2.12. The standard InChI is InChI=1S/C21H14ClNOS/c22-18-11-6-10-16(17-13-25-19-12-5-4-9-15(17)19)20(18)23-21(24)14-7-2-1-3-8-14/h1-13H,(H,23,24). The van der Waals surface area contributed by atoms with E-state index in [-0.39, 0.29) is 5.91 Å². The molecule has 4 rings (SSSR count). The summed E-state index contributed by atoms with van der Waals surface area (Å²) in [6.07, 6.45) is 0. The smallest absolute Gasteiger partial charge is 0.255 e. The number of thiophene rings is 1. The fourth-order valence-electron chi connectivity index (χ4n) is 2.84. The van der Waals surface area contributed by atoms with Crippen molar-refractivity contribution in [1.29, 1.82) is 0 Å². The third-order valence-electron chi connectivity index (χ3n) is 4.06. The van der Waals surface area contributed by atoms with Crippen LogP contribution in [0, 0.1) is 0 Å². The van der Waals surface area contributed by atoms with Crippen molar-refractivity contribution >= 4 is 44.6 Å². The van der Waals surface area contributed by atoms with E-state index < -0.39 is 0 Å². The van der Waals surface area contributed by atoms with Gasteiger partial charge >= 0.3 is 0 Å². The van der Waals surface area contributed by atoms with E-state index in [0.29, 0.717) is 16.3 Å². The summed E-state index contributed by atoms with van der Waals surface area (Å²) < 4.78 is 1.21. The molecule has 4 aromatic rings. The molecule has 3 aromatic carbocycles. The summed E-state index contributed by atoms with van der Waals surface area (Å²) in [7, 11) is 0. The topological polar surface area (TPSA) is 29.1 Å². The van der Waals surface area contributed by atoms with Crippen LogP contribution in [-0.4, -0.2) is 5.91 Å². The molecule has 4 heteroatoms. The van der Waals surface area contributed by atoms with Crippen LogP contribution in [0.25, 0.3) is 21.2 Å². The molecule has 0 saturated carbocycles. The summed E-state index contributed by atoms with van der Waals surface area (Å²) in [4.78, 5) is 12.6. The number of hydrogen-bond acceptors (Lipinski definition) is 2. The van der Waals surface area contributed by atoms with Crippen LogP contribution in [0.5, 0.6) is 0 Å². The van der Waals surface area contributed by atoms with E-state index in [9.17, 15) is 4.79 Å². The molecule has 0 aliphatic carbocycles. The van der Waals surface area contributed by atoms with Gasteiger partial charge in [0.15, 0.2) is 0 Å². The number of carbonyl (C=O) groups excluding carboxylic acids is 1. The molecule has 1 amide bonds. The molecule has 0 aliphatic heterocycles. The summed E-state index contributed by atoms with van der Waals surface area (Å²) in [5, 5.41) is 6.77. The van der Waals surface area contributed by atoms with Crippen molar-refractivity contribution in [1.82, 2.24) is 0 Å². The van der Waals surface area contributed by atoms with Gasteiger partial charge in [-0.3, -0.25) is 4.79 Å². The van der Waals surface area contributed by atoms with Gasteiger partial charge in [0.05, 0.1) is 10.7 Å². The molecule has 1 N–H and O–H groups in total. The normalized spacial score (nSPS) is 10.8. The van der Waals surface area contributed by atoms with Crippen molar-refractivity contribution < 1.29 is 4.79 Å². The molecule has 25 heavy (non-hydrogen) atoms. The van der Waals surface area contributed by atoms with Crippen LogP contribution in [0.3, 0.4) is 0 Å². The summed E-state index contributed by atoms with van der Waals surface area (Å²) in [6, 6.07) is 23.0. The molecule has 1 heterocycles. The van der Waals surface area contributed by atoms with Gasteiger partial charge in [0.1, 0.15) is 0 Å². The highest BCUT2D eigenvalue weighted by molar-refractivity contribution is 7.17. The number of anilines is 1. The third-order valence-corrected chi connectivity index (χ3v) is 5.34. The zero-order valence-electron chi connectivity index (χ0n) is 13.2. The third kappa shape index (κ3) is 3.04. The van der Waals surface area contributed by atoms with E-state index in [1.807, 2.05) is 42.5 Å². The fraction of sp³-hybridized carbons (Fsp3) is 0. The van der Waals surface area contributed by atoms with Crippen molar-refractivity contribution in [2.24, 2.45) is 0 Å². The van der Waals surface area contributed by atoms with Crippen LogP contribution in [-0.2, 0) is 0 Å². The monoisotopic (exact) mass is 363 g/mol. The molecular formula is C21H14ClNOS. The number of rotatable bonds is 3. The molecule has 122 valence electrons. The molecule has 0 radical (unpaired) electrons. The molecule has 0 saturated heterocycles. The lowest BCUT2D eigenvalue weighted by molar-refractivity contribution is 0.102. The zero-order chi connectivity index (χ0) is 17.2. The minimum Gasteiger partial charge on any atom is -0.320 e. The molecule has 1 aromatic heterocycles. The Labute approximate surface area is 154 Å². The number of hydrogen-bond donors (Lipinski definition) is 1. The summed E-state index contributed by atoms with van der Waals surface area (Å²) in [5.41, 5.74) is 3.24. The molecule has 0 unspecified atom stereocenters. The first-order valence-corrected chi connectivity index (χ1v) is 9.11. The van der Waals surface area contributed by atoms with Crippen LogP contribution in [0.15, 0.2) is 78.2 Å². The van der Waals surface area contributed by atoms with Crippen LogP contribution in [0.4, 0.5) is 5.69 Å². The average Bonchev–Trinajstić information content (AvgIpc) is 3.08. The van der Waals surface area contributed by atoms with E-state index >= 15 is 0 Å². The lowest BCUT2D eigenvalue weighted by atomic mass is 10.0. The fourth-order valence-corrected chi connectivity index (χ4v) is 4.02.